The maximum atomic E-state index is 4.19. The van der Waals surface area contributed by atoms with Gasteiger partial charge in [0.1, 0.15) is 0 Å². The minimum absolute atomic E-state index is 0.447. The Bertz CT molecular complexity index is 683. The van der Waals surface area contributed by atoms with Crippen LogP contribution >= 0.6 is 11.3 Å². The summed E-state index contributed by atoms with van der Waals surface area (Å²) in [7, 11) is 0. The minimum atomic E-state index is 0.447. The van der Waals surface area contributed by atoms with Crippen LogP contribution in [0.2, 0.25) is 0 Å². The molecule has 3 aromatic rings. The molecule has 0 saturated heterocycles. The number of fused-ring (bicyclic) bond motifs is 1. The van der Waals surface area contributed by atoms with Crippen molar-refractivity contribution < 1.29 is 0 Å². The number of rotatable bonds is 4. The van der Waals surface area contributed by atoms with Crippen LogP contribution in [0.15, 0.2) is 35.8 Å². The van der Waals surface area contributed by atoms with Gasteiger partial charge in [-0.15, -0.1) is 16.4 Å². The predicted octanol–water partition coefficient (Wildman–Crippen LogP) is 2.98. The first kappa shape index (κ1) is 12.3. The third-order valence-corrected chi connectivity index (χ3v) is 3.89. The van der Waals surface area contributed by atoms with E-state index < -0.39 is 0 Å². The van der Waals surface area contributed by atoms with Gasteiger partial charge < -0.3 is 5.32 Å². The van der Waals surface area contributed by atoms with Crippen LogP contribution in [-0.2, 0) is 6.54 Å². The molecule has 0 unspecified atom stereocenters. The molecule has 98 valence electrons. The van der Waals surface area contributed by atoms with Crippen LogP contribution in [0.25, 0.3) is 15.8 Å². The van der Waals surface area contributed by atoms with E-state index in [4.69, 9.17) is 0 Å². The quantitative estimate of drug-likeness (QED) is 0.794. The van der Waals surface area contributed by atoms with E-state index in [2.05, 4.69) is 59.1 Å². The molecule has 3 rings (SSSR count). The molecular formula is C14H16N4S. The average Bonchev–Trinajstić information content (AvgIpc) is 3.04. The fourth-order valence-corrected chi connectivity index (χ4v) is 2.76. The van der Waals surface area contributed by atoms with E-state index in [9.17, 15) is 0 Å². The second-order valence-corrected chi connectivity index (χ2v) is 5.76. The summed E-state index contributed by atoms with van der Waals surface area (Å²) in [5.74, 6) is 0. The SMILES string of the molecule is CC(C)NCc1cnnn1-c1ccc2sccc2c1. The largest absolute Gasteiger partial charge is 0.309 e. The first-order valence-electron chi connectivity index (χ1n) is 6.34. The van der Waals surface area contributed by atoms with Crippen LogP contribution < -0.4 is 5.32 Å². The maximum Gasteiger partial charge on any atom is 0.0783 e. The summed E-state index contributed by atoms with van der Waals surface area (Å²) in [6.45, 7) is 5.03. The first-order valence-corrected chi connectivity index (χ1v) is 7.22. The number of nitrogens with one attached hydrogen (secondary N) is 1. The zero-order chi connectivity index (χ0) is 13.2. The van der Waals surface area contributed by atoms with Crippen molar-refractivity contribution in [2.45, 2.75) is 26.4 Å². The molecule has 2 aromatic heterocycles. The van der Waals surface area contributed by atoms with E-state index in [1.165, 1.54) is 10.1 Å². The third kappa shape index (κ3) is 2.52. The molecule has 0 aliphatic rings. The van der Waals surface area contributed by atoms with E-state index in [0.717, 1.165) is 17.9 Å². The zero-order valence-corrected chi connectivity index (χ0v) is 11.8. The van der Waals surface area contributed by atoms with Gasteiger partial charge in [-0.2, -0.15) is 0 Å². The van der Waals surface area contributed by atoms with E-state index in [0.29, 0.717) is 6.04 Å². The smallest absolute Gasteiger partial charge is 0.0783 e. The summed E-state index contributed by atoms with van der Waals surface area (Å²) in [5.41, 5.74) is 2.13. The molecule has 5 heteroatoms. The van der Waals surface area contributed by atoms with Crippen molar-refractivity contribution in [3.05, 3.63) is 41.5 Å². The number of hydrogen-bond acceptors (Lipinski definition) is 4. The molecule has 1 aromatic carbocycles. The molecule has 0 saturated carbocycles. The highest BCUT2D eigenvalue weighted by molar-refractivity contribution is 7.17. The summed E-state index contributed by atoms with van der Waals surface area (Å²) in [5, 5.41) is 15.0. The summed E-state index contributed by atoms with van der Waals surface area (Å²) in [6, 6.07) is 8.96. The maximum absolute atomic E-state index is 4.19. The normalized spacial score (nSPS) is 11.5. The number of nitrogens with zero attached hydrogens (tertiary/aromatic N) is 3. The topological polar surface area (TPSA) is 42.7 Å². The molecule has 0 spiro atoms. The Hall–Kier alpha value is -1.72. The second-order valence-electron chi connectivity index (χ2n) is 4.82. The molecule has 0 bridgehead atoms. The van der Waals surface area contributed by atoms with E-state index >= 15 is 0 Å². The van der Waals surface area contributed by atoms with Crippen molar-refractivity contribution in [3.63, 3.8) is 0 Å². The van der Waals surface area contributed by atoms with Crippen LogP contribution in [0.5, 0.6) is 0 Å². The van der Waals surface area contributed by atoms with Crippen molar-refractivity contribution in [2.24, 2.45) is 0 Å². The van der Waals surface area contributed by atoms with Crippen molar-refractivity contribution >= 4 is 21.4 Å². The van der Waals surface area contributed by atoms with Crippen molar-refractivity contribution in [3.8, 4) is 5.69 Å². The molecule has 1 N–H and O–H groups in total. The summed E-state index contributed by atoms with van der Waals surface area (Å²) in [6.07, 6.45) is 1.81. The highest BCUT2D eigenvalue weighted by Gasteiger charge is 2.07. The molecule has 0 radical (unpaired) electrons. The molecule has 0 aliphatic heterocycles. The van der Waals surface area contributed by atoms with Crippen LogP contribution in [0.1, 0.15) is 19.5 Å². The van der Waals surface area contributed by atoms with Gasteiger partial charge in [0.25, 0.3) is 0 Å². The highest BCUT2D eigenvalue weighted by atomic mass is 32.1. The lowest BCUT2D eigenvalue weighted by molar-refractivity contribution is 0.570. The zero-order valence-electron chi connectivity index (χ0n) is 11.0. The molecule has 0 amide bonds. The van der Waals surface area contributed by atoms with Crippen LogP contribution in [0.3, 0.4) is 0 Å². The molecule has 19 heavy (non-hydrogen) atoms. The van der Waals surface area contributed by atoms with Crippen molar-refractivity contribution in [2.75, 3.05) is 0 Å². The Morgan fingerprint density at radius 3 is 3.05 bits per heavy atom. The Balaban J connectivity index is 1.94. The lowest BCUT2D eigenvalue weighted by atomic mass is 10.2. The standard InChI is InChI=1S/C14H16N4S/c1-10(2)15-8-13-9-16-17-18(13)12-3-4-14-11(7-12)5-6-19-14/h3-7,9-10,15H,8H2,1-2H3. The Labute approximate surface area is 116 Å². The average molecular weight is 272 g/mol. The van der Waals surface area contributed by atoms with Crippen LogP contribution in [0, 0.1) is 0 Å². The molecular weight excluding hydrogens is 256 g/mol. The fourth-order valence-electron chi connectivity index (χ4n) is 1.99. The number of aromatic nitrogens is 3. The van der Waals surface area contributed by atoms with Crippen LogP contribution in [-0.4, -0.2) is 21.0 Å². The Morgan fingerprint density at radius 2 is 2.21 bits per heavy atom. The van der Waals surface area contributed by atoms with Gasteiger partial charge in [-0.25, -0.2) is 4.68 Å². The third-order valence-electron chi connectivity index (χ3n) is 2.99. The van der Waals surface area contributed by atoms with Gasteiger partial charge in [0.2, 0.25) is 0 Å². The minimum Gasteiger partial charge on any atom is -0.309 e. The molecule has 2 heterocycles. The van der Waals surface area contributed by atoms with Crippen LogP contribution in [0.4, 0.5) is 0 Å². The van der Waals surface area contributed by atoms with E-state index in [-0.39, 0.29) is 0 Å². The first-order chi connectivity index (χ1) is 9.24. The van der Waals surface area contributed by atoms with Gasteiger partial charge in [-0.1, -0.05) is 19.1 Å². The Morgan fingerprint density at radius 1 is 1.32 bits per heavy atom. The summed E-state index contributed by atoms with van der Waals surface area (Å²) >= 11 is 1.75. The van der Waals surface area contributed by atoms with Crippen molar-refractivity contribution in [1.82, 2.24) is 20.3 Å². The van der Waals surface area contributed by atoms with Gasteiger partial charge in [0.05, 0.1) is 17.6 Å². The predicted molar refractivity (Wildman–Crippen MR) is 78.7 cm³/mol. The molecule has 4 nitrogen and oxygen atoms in total. The fraction of sp³-hybridized carbons (Fsp3) is 0.286. The molecule has 0 fully saturated rings. The lowest BCUT2D eigenvalue weighted by Crippen LogP contribution is -2.23. The molecule has 0 aliphatic carbocycles. The number of thiophene rings is 1. The van der Waals surface area contributed by atoms with Gasteiger partial charge in [-0.3, -0.25) is 0 Å². The van der Waals surface area contributed by atoms with Gasteiger partial charge in [0, 0.05) is 17.3 Å². The lowest BCUT2D eigenvalue weighted by Gasteiger charge is -2.09. The monoisotopic (exact) mass is 272 g/mol. The summed E-state index contributed by atoms with van der Waals surface area (Å²) < 4.78 is 3.19. The number of hydrogen-bond donors (Lipinski definition) is 1. The number of benzene rings is 1. The Kier molecular flexibility index (Phi) is 3.31. The second kappa shape index (κ2) is 5.11. The van der Waals surface area contributed by atoms with Crippen molar-refractivity contribution in [1.29, 1.82) is 0 Å². The van der Waals surface area contributed by atoms with Gasteiger partial charge in [-0.05, 0) is 35.0 Å². The summed E-state index contributed by atoms with van der Waals surface area (Å²) in [4.78, 5) is 0. The molecule has 0 atom stereocenters. The van der Waals surface area contributed by atoms with Gasteiger partial charge >= 0.3 is 0 Å². The van der Waals surface area contributed by atoms with E-state index in [1.807, 2.05) is 10.9 Å². The highest BCUT2D eigenvalue weighted by Crippen LogP contribution is 2.23. The van der Waals surface area contributed by atoms with E-state index in [1.54, 1.807) is 11.3 Å². The van der Waals surface area contributed by atoms with Gasteiger partial charge in [0.15, 0.2) is 0 Å².